The largest absolute Gasteiger partial charge is 0.416 e. The summed E-state index contributed by atoms with van der Waals surface area (Å²) in [5, 5.41) is 5.64. The molecule has 1 aliphatic rings. The fourth-order valence-electron chi connectivity index (χ4n) is 3.15. The Morgan fingerprint density at radius 2 is 2.08 bits per heavy atom. The summed E-state index contributed by atoms with van der Waals surface area (Å²) in [6.45, 7) is 1.88. The topological polar surface area (TPSA) is 45.2 Å². The van der Waals surface area contributed by atoms with Gasteiger partial charge in [0.1, 0.15) is 0 Å². The first-order chi connectivity index (χ1) is 12.4. The molecule has 0 spiro atoms. The van der Waals surface area contributed by atoms with E-state index < -0.39 is 11.7 Å². The minimum Gasteiger partial charge on any atom is -0.348 e. The predicted molar refractivity (Wildman–Crippen MR) is 96.4 cm³/mol. The number of piperidine rings is 1. The fraction of sp³-hybridized carbons (Fsp3) is 0.444. The van der Waals surface area contributed by atoms with E-state index >= 15 is 0 Å². The molecule has 1 N–H and O–H groups in total. The van der Waals surface area contributed by atoms with Crippen LogP contribution in [0.4, 0.5) is 24.0 Å². The molecule has 1 aromatic heterocycles. The van der Waals surface area contributed by atoms with Crippen molar-refractivity contribution >= 4 is 28.1 Å². The van der Waals surface area contributed by atoms with E-state index in [0.29, 0.717) is 18.0 Å². The minimum atomic E-state index is -4.37. The zero-order valence-corrected chi connectivity index (χ0v) is 14.9. The lowest BCUT2D eigenvalue weighted by Gasteiger charge is -2.32. The number of hydrogen-bond acceptors (Lipinski definition) is 4. The Morgan fingerprint density at radius 3 is 2.73 bits per heavy atom. The van der Waals surface area contributed by atoms with Crippen molar-refractivity contribution in [3.8, 4) is 0 Å². The second kappa shape index (κ2) is 8.07. The zero-order valence-electron chi connectivity index (χ0n) is 14.1. The molecule has 1 aromatic carbocycles. The van der Waals surface area contributed by atoms with Crippen molar-refractivity contribution in [3.63, 3.8) is 0 Å². The van der Waals surface area contributed by atoms with E-state index in [4.69, 9.17) is 0 Å². The SMILES string of the molecule is O=C(CC[C@H]1CCCN(c2nccs2)C1)Nc1ccc(C(F)(F)F)cc1. The number of amides is 1. The van der Waals surface area contributed by atoms with Crippen molar-refractivity contribution in [2.75, 3.05) is 23.3 Å². The first kappa shape index (κ1) is 18.7. The first-order valence-electron chi connectivity index (χ1n) is 8.53. The molecule has 0 saturated carbocycles. The van der Waals surface area contributed by atoms with Crippen molar-refractivity contribution in [1.82, 2.24) is 4.98 Å². The number of nitrogens with one attached hydrogen (secondary N) is 1. The summed E-state index contributed by atoms with van der Waals surface area (Å²) < 4.78 is 37.6. The molecule has 0 bridgehead atoms. The Labute approximate surface area is 154 Å². The third-order valence-corrected chi connectivity index (χ3v) is 5.32. The van der Waals surface area contributed by atoms with Crippen molar-refractivity contribution < 1.29 is 18.0 Å². The van der Waals surface area contributed by atoms with Crippen molar-refractivity contribution in [2.24, 2.45) is 5.92 Å². The van der Waals surface area contributed by atoms with Gasteiger partial charge in [-0.1, -0.05) is 0 Å². The predicted octanol–water partition coefficient (Wildman–Crippen LogP) is 4.80. The first-order valence-corrected chi connectivity index (χ1v) is 9.41. The van der Waals surface area contributed by atoms with Crippen molar-refractivity contribution in [1.29, 1.82) is 0 Å². The fourth-order valence-corrected chi connectivity index (χ4v) is 3.83. The summed E-state index contributed by atoms with van der Waals surface area (Å²) in [7, 11) is 0. The highest BCUT2D eigenvalue weighted by atomic mass is 32.1. The summed E-state index contributed by atoms with van der Waals surface area (Å²) in [6.07, 6.45) is 0.694. The summed E-state index contributed by atoms with van der Waals surface area (Å²) in [6, 6.07) is 4.52. The summed E-state index contributed by atoms with van der Waals surface area (Å²) in [4.78, 5) is 18.7. The maximum atomic E-state index is 12.5. The Morgan fingerprint density at radius 1 is 1.31 bits per heavy atom. The summed E-state index contributed by atoms with van der Waals surface area (Å²) >= 11 is 1.62. The lowest BCUT2D eigenvalue weighted by molar-refractivity contribution is -0.137. The molecule has 1 saturated heterocycles. The van der Waals surface area contributed by atoms with Gasteiger partial charge in [-0.2, -0.15) is 13.2 Å². The van der Waals surface area contributed by atoms with E-state index in [-0.39, 0.29) is 5.91 Å². The second-order valence-corrected chi connectivity index (χ2v) is 7.30. The van der Waals surface area contributed by atoms with Crippen LogP contribution in [-0.4, -0.2) is 24.0 Å². The molecule has 2 heterocycles. The number of aromatic nitrogens is 1. The summed E-state index contributed by atoms with van der Waals surface area (Å²) in [5.41, 5.74) is -0.337. The minimum absolute atomic E-state index is 0.170. The molecule has 2 aromatic rings. The number of anilines is 2. The van der Waals surface area contributed by atoms with Gasteiger partial charge < -0.3 is 10.2 Å². The average Bonchev–Trinajstić information content (AvgIpc) is 3.15. The molecule has 0 aliphatic carbocycles. The standard InChI is InChI=1S/C18H20F3N3OS/c19-18(20,21)14-4-6-15(7-5-14)23-16(25)8-3-13-2-1-10-24(12-13)17-22-9-11-26-17/h4-7,9,11,13H,1-3,8,10,12H2,(H,23,25)/t13-/m1/s1. The zero-order chi connectivity index (χ0) is 18.6. The maximum absolute atomic E-state index is 12.5. The Balaban J connectivity index is 1.46. The maximum Gasteiger partial charge on any atom is 0.416 e. The van der Waals surface area contributed by atoms with Gasteiger partial charge in [0, 0.05) is 36.8 Å². The van der Waals surface area contributed by atoms with Crippen LogP contribution in [0.2, 0.25) is 0 Å². The molecule has 1 fully saturated rings. The number of thiazole rings is 1. The molecule has 4 nitrogen and oxygen atoms in total. The van der Waals surface area contributed by atoms with Gasteiger partial charge in [0.15, 0.2) is 5.13 Å². The van der Waals surface area contributed by atoms with Crippen LogP contribution < -0.4 is 10.2 Å². The van der Waals surface area contributed by atoms with Crippen LogP contribution in [0, 0.1) is 5.92 Å². The van der Waals surface area contributed by atoms with Crippen LogP contribution >= 0.6 is 11.3 Å². The molecular formula is C18H20F3N3OS. The van der Waals surface area contributed by atoms with E-state index in [1.54, 1.807) is 17.5 Å². The third kappa shape index (κ3) is 4.97. The lowest BCUT2D eigenvalue weighted by Crippen LogP contribution is -2.35. The highest BCUT2D eigenvalue weighted by Crippen LogP contribution is 2.30. The number of carbonyl (C=O) groups is 1. The van der Waals surface area contributed by atoms with Crippen LogP contribution in [0.15, 0.2) is 35.8 Å². The molecule has 0 radical (unpaired) electrons. The van der Waals surface area contributed by atoms with Crippen molar-refractivity contribution in [3.05, 3.63) is 41.4 Å². The van der Waals surface area contributed by atoms with Crippen LogP contribution in [-0.2, 0) is 11.0 Å². The summed E-state index contributed by atoms with van der Waals surface area (Å²) in [5.74, 6) is 0.252. The lowest BCUT2D eigenvalue weighted by atomic mass is 9.93. The normalized spacial score (nSPS) is 18.0. The molecule has 1 atom stereocenters. The Kier molecular flexibility index (Phi) is 5.80. The second-order valence-electron chi connectivity index (χ2n) is 6.43. The average molecular weight is 383 g/mol. The molecule has 1 amide bonds. The van der Waals surface area contributed by atoms with Gasteiger partial charge in [0.2, 0.25) is 5.91 Å². The molecule has 140 valence electrons. The number of nitrogens with zero attached hydrogens (tertiary/aromatic N) is 2. The number of rotatable bonds is 5. The number of halogens is 3. The van der Waals surface area contributed by atoms with Gasteiger partial charge in [0.05, 0.1) is 5.56 Å². The molecule has 3 rings (SSSR count). The van der Waals surface area contributed by atoms with E-state index in [0.717, 1.165) is 49.6 Å². The van der Waals surface area contributed by atoms with Crippen molar-refractivity contribution in [2.45, 2.75) is 31.9 Å². The smallest absolute Gasteiger partial charge is 0.348 e. The van der Waals surface area contributed by atoms with Gasteiger partial charge in [-0.15, -0.1) is 11.3 Å². The van der Waals surface area contributed by atoms with Gasteiger partial charge in [-0.3, -0.25) is 4.79 Å². The van der Waals surface area contributed by atoms with Crippen LogP contribution in [0.1, 0.15) is 31.2 Å². The van der Waals surface area contributed by atoms with Gasteiger partial charge >= 0.3 is 6.18 Å². The highest BCUT2D eigenvalue weighted by molar-refractivity contribution is 7.13. The van der Waals surface area contributed by atoms with Crippen LogP contribution in [0.25, 0.3) is 0 Å². The van der Waals surface area contributed by atoms with E-state index in [9.17, 15) is 18.0 Å². The number of carbonyl (C=O) groups excluding carboxylic acids is 1. The van der Waals surface area contributed by atoms with E-state index in [1.807, 2.05) is 5.38 Å². The molecular weight excluding hydrogens is 363 g/mol. The number of alkyl halides is 3. The third-order valence-electron chi connectivity index (χ3n) is 4.48. The Bertz CT molecular complexity index is 716. The van der Waals surface area contributed by atoms with E-state index in [1.165, 1.54) is 12.1 Å². The van der Waals surface area contributed by atoms with Gasteiger partial charge in [0.25, 0.3) is 0 Å². The van der Waals surface area contributed by atoms with Gasteiger partial charge in [-0.25, -0.2) is 4.98 Å². The van der Waals surface area contributed by atoms with Gasteiger partial charge in [-0.05, 0) is 49.4 Å². The Hall–Kier alpha value is -2.09. The highest BCUT2D eigenvalue weighted by Gasteiger charge is 2.30. The molecule has 26 heavy (non-hydrogen) atoms. The quantitative estimate of drug-likeness (QED) is 0.807. The van der Waals surface area contributed by atoms with Crippen LogP contribution in [0.5, 0.6) is 0 Å². The van der Waals surface area contributed by atoms with E-state index in [2.05, 4.69) is 15.2 Å². The monoisotopic (exact) mass is 383 g/mol. The molecule has 0 unspecified atom stereocenters. The molecule has 1 aliphatic heterocycles. The van der Waals surface area contributed by atoms with Crippen LogP contribution in [0.3, 0.4) is 0 Å². The number of benzene rings is 1. The molecule has 8 heteroatoms. The number of hydrogen-bond donors (Lipinski definition) is 1.